The third-order valence-electron chi connectivity index (χ3n) is 5.23. The van der Waals surface area contributed by atoms with Crippen LogP contribution in [0.5, 0.6) is 0 Å². The van der Waals surface area contributed by atoms with Gasteiger partial charge in [0.1, 0.15) is 12.4 Å². The van der Waals surface area contributed by atoms with Crippen LogP contribution in [0, 0.1) is 6.92 Å². The van der Waals surface area contributed by atoms with Crippen molar-refractivity contribution in [3.63, 3.8) is 0 Å². The SMILES string of the molecule is CCOCCCNC(=NCc1nnc(C)n1C)NC1CCN(c2cccc(Cl)c2)C1. The van der Waals surface area contributed by atoms with E-state index in [2.05, 4.69) is 31.8 Å². The van der Waals surface area contributed by atoms with Gasteiger partial charge in [-0.2, -0.15) is 0 Å². The van der Waals surface area contributed by atoms with Crippen LogP contribution >= 0.6 is 11.6 Å². The summed E-state index contributed by atoms with van der Waals surface area (Å²) in [6, 6.07) is 8.33. The van der Waals surface area contributed by atoms with Gasteiger partial charge in [0.15, 0.2) is 11.8 Å². The van der Waals surface area contributed by atoms with Crippen molar-refractivity contribution >= 4 is 23.2 Å². The Labute approximate surface area is 183 Å². The molecule has 30 heavy (non-hydrogen) atoms. The summed E-state index contributed by atoms with van der Waals surface area (Å²) < 4.78 is 7.39. The topological polar surface area (TPSA) is 79.6 Å². The summed E-state index contributed by atoms with van der Waals surface area (Å²) in [6.45, 7) is 8.60. The molecule has 0 radical (unpaired) electrons. The summed E-state index contributed by atoms with van der Waals surface area (Å²) in [5.74, 6) is 2.52. The van der Waals surface area contributed by atoms with E-state index in [0.29, 0.717) is 12.6 Å². The highest BCUT2D eigenvalue weighted by Crippen LogP contribution is 2.23. The van der Waals surface area contributed by atoms with E-state index < -0.39 is 0 Å². The second-order valence-corrected chi connectivity index (χ2v) is 7.86. The second kappa shape index (κ2) is 11.2. The van der Waals surface area contributed by atoms with Crippen LogP contribution < -0.4 is 15.5 Å². The number of hydrogen-bond donors (Lipinski definition) is 2. The minimum absolute atomic E-state index is 0.309. The van der Waals surface area contributed by atoms with Gasteiger partial charge in [-0.3, -0.25) is 0 Å². The number of benzene rings is 1. The standard InChI is InChI=1S/C21H32ClN7O/c1-4-30-12-6-10-23-21(24-14-20-27-26-16(2)28(20)3)25-18-9-11-29(15-18)19-8-5-7-17(22)13-19/h5,7-8,13,18H,4,6,9-12,14-15H2,1-3H3,(H2,23,24,25). The number of halogens is 1. The lowest BCUT2D eigenvalue weighted by Gasteiger charge is -2.21. The fourth-order valence-corrected chi connectivity index (χ4v) is 3.58. The van der Waals surface area contributed by atoms with Crippen molar-refractivity contribution in [1.29, 1.82) is 0 Å². The van der Waals surface area contributed by atoms with Gasteiger partial charge < -0.3 is 24.8 Å². The first-order chi connectivity index (χ1) is 14.6. The summed E-state index contributed by atoms with van der Waals surface area (Å²) in [5, 5.41) is 16.1. The maximum Gasteiger partial charge on any atom is 0.191 e. The first-order valence-electron chi connectivity index (χ1n) is 10.5. The number of aliphatic imine (C=N–C) groups is 1. The molecule has 1 fully saturated rings. The van der Waals surface area contributed by atoms with Crippen LogP contribution in [-0.4, -0.2) is 59.6 Å². The summed E-state index contributed by atoms with van der Waals surface area (Å²) in [5.41, 5.74) is 1.16. The Balaban J connectivity index is 1.59. The van der Waals surface area contributed by atoms with Gasteiger partial charge in [0.25, 0.3) is 0 Å². The van der Waals surface area contributed by atoms with Crippen molar-refractivity contribution in [3.05, 3.63) is 40.9 Å². The molecular formula is C21H32ClN7O. The lowest BCUT2D eigenvalue weighted by Crippen LogP contribution is -2.45. The van der Waals surface area contributed by atoms with Gasteiger partial charge in [-0.15, -0.1) is 10.2 Å². The Bertz CT molecular complexity index is 839. The van der Waals surface area contributed by atoms with E-state index >= 15 is 0 Å². The van der Waals surface area contributed by atoms with Crippen molar-refractivity contribution < 1.29 is 4.74 Å². The van der Waals surface area contributed by atoms with E-state index in [9.17, 15) is 0 Å². The molecule has 0 aliphatic carbocycles. The Morgan fingerprint density at radius 3 is 2.97 bits per heavy atom. The van der Waals surface area contributed by atoms with Crippen molar-refractivity contribution in [1.82, 2.24) is 25.4 Å². The van der Waals surface area contributed by atoms with Crippen molar-refractivity contribution in [2.45, 2.75) is 39.3 Å². The van der Waals surface area contributed by atoms with Crippen LogP contribution in [0.4, 0.5) is 5.69 Å². The zero-order valence-corrected chi connectivity index (χ0v) is 18.8. The Morgan fingerprint density at radius 1 is 1.37 bits per heavy atom. The molecule has 164 valence electrons. The molecule has 2 heterocycles. The largest absolute Gasteiger partial charge is 0.382 e. The zero-order valence-electron chi connectivity index (χ0n) is 18.1. The van der Waals surface area contributed by atoms with Gasteiger partial charge in [0.05, 0.1) is 0 Å². The molecule has 0 saturated carbocycles. The monoisotopic (exact) mass is 433 g/mol. The number of nitrogens with one attached hydrogen (secondary N) is 2. The van der Waals surface area contributed by atoms with E-state index in [1.54, 1.807) is 0 Å². The van der Waals surface area contributed by atoms with Gasteiger partial charge in [0.2, 0.25) is 0 Å². The molecule has 1 saturated heterocycles. The average molecular weight is 434 g/mol. The van der Waals surface area contributed by atoms with E-state index in [0.717, 1.165) is 74.0 Å². The smallest absolute Gasteiger partial charge is 0.191 e. The van der Waals surface area contributed by atoms with E-state index in [1.165, 1.54) is 0 Å². The van der Waals surface area contributed by atoms with Crippen LogP contribution in [0.2, 0.25) is 5.02 Å². The lowest BCUT2D eigenvalue weighted by molar-refractivity contribution is 0.145. The first-order valence-corrected chi connectivity index (χ1v) is 10.9. The van der Waals surface area contributed by atoms with Crippen LogP contribution in [-0.2, 0) is 18.3 Å². The molecule has 9 heteroatoms. The number of anilines is 1. The van der Waals surface area contributed by atoms with Crippen molar-refractivity contribution in [2.24, 2.45) is 12.0 Å². The molecule has 1 aliphatic heterocycles. The van der Waals surface area contributed by atoms with Crippen LogP contribution in [0.3, 0.4) is 0 Å². The highest BCUT2D eigenvalue weighted by molar-refractivity contribution is 6.30. The van der Waals surface area contributed by atoms with Gasteiger partial charge in [-0.05, 0) is 44.9 Å². The highest BCUT2D eigenvalue weighted by Gasteiger charge is 2.23. The van der Waals surface area contributed by atoms with Gasteiger partial charge in [-0.25, -0.2) is 4.99 Å². The fraction of sp³-hybridized carbons (Fsp3) is 0.571. The quantitative estimate of drug-likeness (QED) is 0.359. The number of ether oxygens (including phenoxy) is 1. The molecular weight excluding hydrogens is 402 g/mol. The van der Waals surface area contributed by atoms with Gasteiger partial charge in [-0.1, -0.05) is 17.7 Å². The molecule has 3 rings (SSSR count). The number of guanidine groups is 1. The average Bonchev–Trinajstić information content (AvgIpc) is 3.33. The molecule has 1 aromatic heterocycles. The molecule has 2 N–H and O–H groups in total. The molecule has 1 unspecified atom stereocenters. The van der Waals surface area contributed by atoms with Crippen molar-refractivity contribution in [2.75, 3.05) is 37.7 Å². The van der Waals surface area contributed by atoms with E-state index in [-0.39, 0.29) is 0 Å². The van der Waals surface area contributed by atoms with Crippen molar-refractivity contribution in [3.8, 4) is 0 Å². The molecule has 8 nitrogen and oxygen atoms in total. The van der Waals surface area contributed by atoms with Crippen LogP contribution in [0.25, 0.3) is 0 Å². The number of aryl methyl sites for hydroxylation is 1. The lowest BCUT2D eigenvalue weighted by atomic mass is 10.2. The summed E-state index contributed by atoms with van der Waals surface area (Å²) in [6.07, 6.45) is 1.96. The number of rotatable bonds is 9. The normalized spacial score (nSPS) is 16.9. The minimum atomic E-state index is 0.309. The Kier molecular flexibility index (Phi) is 8.33. The van der Waals surface area contributed by atoms with Crippen LogP contribution in [0.1, 0.15) is 31.4 Å². The molecule has 0 amide bonds. The third kappa shape index (κ3) is 6.34. The second-order valence-electron chi connectivity index (χ2n) is 7.42. The van der Waals surface area contributed by atoms with Gasteiger partial charge in [0, 0.05) is 56.6 Å². The van der Waals surface area contributed by atoms with Gasteiger partial charge >= 0.3 is 0 Å². The minimum Gasteiger partial charge on any atom is -0.382 e. The first kappa shape index (κ1) is 22.4. The Hall–Kier alpha value is -2.32. The fourth-order valence-electron chi connectivity index (χ4n) is 3.40. The predicted octanol–water partition coefficient (Wildman–Crippen LogP) is 2.52. The number of hydrogen-bond acceptors (Lipinski definition) is 5. The summed E-state index contributed by atoms with van der Waals surface area (Å²) in [4.78, 5) is 7.10. The molecule has 0 spiro atoms. The Morgan fingerprint density at radius 2 is 2.23 bits per heavy atom. The maximum atomic E-state index is 6.16. The van der Waals surface area contributed by atoms with E-state index in [4.69, 9.17) is 21.3 Å². The highest BCUT2D eigenvalue weighted by atomic mass is 35.5. The molecule has 0 bridgehead atoms. The summed E-state index contributed by atoms with van der Waals surface area (Å²) >= 11 is 6.16. The third-order valence-corrected chi connectivity index (χ3v) is 5.46. The summed E-state index contributed by atoms with van der Waals surface area (Å²) in [7, 11) is 1.96. The molecule has 1 aliphatic rings. The molecule has 2 aromatic rings. The molecule has 1 aromatic carbocycles. The maximum absolute atomic E-state index is 6.16. The van der Waals surface area contributed by atoms with E-state index in [1.807, 2.05) is 43.7 Å². The number of nitrogens with zero attached hydrogens (tertiary/aromatic N) is 5. The predicted molar refractivity (Wildman–Crippen MR) is 121 cm³/mol. The zero-order chi connectivity index (χ0) is 21.3. The molecule has 1 atom stereocenters. The number of aromatic nitrogens is 3. The van der Waals surface area contributed by atoms with Crippen LogP contribution in [0.15, 0.2) is 29.3 Å².